The van der Waals surface area contributed by atoms with Crippen molar-refractivity contribution in [2.45, 2.75) is 5.92 Å². The smallest absolute Gasteiger partial charge is 0.344 e. The quantitative estimate of drug-likeness (QED) is 0.365. The molecule has 2 heterocycles. The molecule has 0 spiro atoms. The molecule has 0 aliphatic carbocycles. The zero-order valence-electron chi connectivity index (χ0n) is 15.0. The monoisotopic (exact) mass is 400 g/mol. The molecule has 1 aliphatic rings. The Morgan fingerprint density at radius 2 is 1.76 bits per heavy atom. The van der Waals surface area contributed by atoms with Crippen LogP contribution in [0.2, 0.25) is 5.02 Å². The average molecular weight is 401 g/mol. The van der Waals surface area contributed by atoms with Crippen LogP contribution in [0.4, 0.5) is 0 Å². The summed E-state index contributed by atoms with van der Waals surface area (Å²) in [5.41, 5.74) is 6.85. The van der Waals surface area contributed by atoms with Crippen molar-refractivity contribution in [2.24, 2.45) is 5.73 Å². The van der Waals surface area contributed by atoms with Crippen LogP contribution in [0.25, 0.3) is 21.7 Å². The van der Waals surface area contributed by atoms with Gasteiger partial charge in [-0.2, -0.15) is 5.26 Å². The van der Waals surface area contributed by atoms with Crippen LogP contribution in [-0.4, -0.2) is 0 Å². The summed E-state index contributed by atoms with van der Waals surface area (Å²) in [6.07, 6.45) is 0. The van der Waals surface area contributed by atoms with Crippen molar-refractivity contribution in [3.63, 3.8) is 0 Å². The molecule has 0 fully saturated rings. The predicted octanol–water partition coefficient (Wildman–Crippen LogP) is 4.82. The third-order valence-corrected chi connectivity index (χ3v) is 5.52. The first-order valence-electron chi connectivity index (χ1n) is 8.90. The highest BCUT2D eigenvalue weighted by atomic mass is 35.5. The van der Waals surface area contributed by atoms with Gasteiger partial charge in [0.05, 0.1) is 16.9 Å². The average Bonchev–Trinajstić information content (AvgIpc) is 2.73. The van der Waals surface area contributed by atoms with E-state index in [2.05, 4.69) is 6.07 Å². The van der Waals surface area contributed by atoms with Gasteiger partial charge < -0.3 is 14.9 Å². The van der Waals surface area contributed by atoms with Gasteiger partial charge in [0.1, 0.15) is 17.2 Å². The van der Waals surface area contributed by atoms with Crippen molar-refractivity contribution in [2.75, 3.05) is 0 Å². The molecule has 140 valence electrons. The number of allylic oxidation sites excluding steroid dienone is 1. The molecule has 0 saturated carbocycles. The Bertz CT molecular complexity index is 1450. The third-order valence-electron chi connectivity index (χ3n) is 5.18. The molecule has 1 atom stereocenters. The fourth-order valence-corrected chi connectivity index (χ4v) is 4.11. The Balaban J connectivity index is 1.91. The van der Waals surface area contributed by atoms with E-state index >= 15 is 0 Å². The van der Waals surface area contributed by atoms with Gasteiger partial charge in [-0.3, -0.25) is 0 Å². The zero-order valence-corrected chi connectivity index (χ0v) is 15.7. The van der Waals surface area contributed by atoms with Crippen LogP contribution in [0.15, 0.2) is 81.3 Å². The first kappa shape index (κ1) is 17.4. The Hall–Kier alpha value is -3.75. The topological polar surface area (TPSA) is 89.3 Å². The maximum absolute atomic E-state index is 13.1. The molecule has 0 amide bonds. The summed E-state index contributed by atoms with van der Waals surface area (Å²) >= 11 is 6.40. The lowest BCUT2D eigenvalue weighted by Crippen LogP contribution is -2.26. The molecule has 2 N–H and O–H groups in total. The molecular weight excluding hydrogens is 388 g/mol. The van der Waals surface area contributed by atoms with Gasteiger partial charge in [0.25, 0.3) is 0 Å². The van der Waals surface area contributed by atoms with E-state index in [9.17, 15) is 10.1 Å². The number of nitrogens with two attached hydrogens (primary N) is 1. The minimum Gasteiger partial charge on any atom is -0.439 e. The van der Waals surface area contributed by atoms with Crippen molar-refractivity contribution in [3.05, 3.63) is 98.7 Å². The molecule has 3 aromatic carbocycles. The molecule has 6 heteroatoms. The van der Waals surface area contributed by atoms with Crippen molar-refractivity contribution >= 4 is 33.3 Å². The molecule has 29 heavy (non-hydrogen) atoms. The molecule has 0 radical (unpaired) electrons. The fraction of sp³-hybridized carbons (Fsp3) is 0.0435. The van der Waals surface area contributed by atoms with Gasteiger partial charge >= 0.3 is 5.63 Å². The Morgan fingerprint density at radius 3 is 2.55 bits per heavy atom. The summed E-state index contributed by atoms with van der Waals surface area (Å²) in [7, 11) is 0. The lowest BCUT2D eigenvalue weighted by Gasteiger charge is -2.26. The van der Waals surface area contributed by atoms with Crippen LogP contribution in [0, 0.1) is 11.3 Å². The van der Waals surface area contributed by atoms with Gasteiger partial charge in [-0.05, 0) is 23.1 Å². The molecular formula is C23H13ClN2O3. The molecule has 1 aromatic heterocycles. The standard InChI is InChI=1S/C23H13ClN2O3/c24-17-8-4-3-7-14(17)18-16(11-25)22(26)28-21-15-10-9-12-5-1-2-6-13(12)20(15)29-23(27)19(18)21/h1-10,18H,26H2. The summed E-state index contributed by atoms with van der Waals surface area (Å²) in [6.45, 7) is 0. The van der Waals surface area contributed by atoms with Gasteiger partial charge in [-0.15, -0.1) is 0 Å². The lowest BCUT2D eigenvalue weighted by molar-refractivity contribution is 0.388. The van der Waals surface area contributed by atoms with Crippen LogP contribution in [0.5, 0.6) is 5.75 Å². The van der Waals surface area contributed by atoms with E-state index in [0.717, 1.165) is 10.8 Å². The summed E-state index contributed by atoms with van der Waals surface area (Å²) in [4.78, 5) is 13.1. The summed E-state index contributed by atoms with van der Waals surface area (Å²) < 4.78 is 11.5. The predicted molar refractivity (Wildman–Crippen MR) is 111 cm³/mol. The van der Waals surface area contributed by atoms with Gasteiger partial charge in [0.15, 0.2) is 5.75 Å². The van der Waals surface area contributed by atoms with Crippen LogP contribution in [-0.2, 0) is 0 Å². The van der Waals surface area contributed by atoms with E-state index < -0.39 is 11.5 Å². The van der Waals surface area contributed by atoms with E-state index in [1.54, 1.807) is 24.3 Å². The highest BCUT2D eigenvalue weighted by Crippen LogP contribution is 2.45. The fourth-order valence-electron chi connectivity index (χ4n) is 3.87. The Morgan fingerprint density at radius 1 is 1.00 bits per heavy atom. The summed E-state index contributed by atoms with van der Waals surface area (Å²) in [5.74, 6) is -0.530. The van der Waals surface area contributed by atoms with Crippen LogP contribution in [0.1, 0.15) is 17.0 Å². The number of nitriles is 1. The number of ether oxygens (including phenoxy) is 1. The number of rotatable bonds is 1. The minimum absolute atomic E-state index is 0.0509. The van der Waals surface area contributed by atoms with Crippen molar-refractivity contribution in [1.82, 2.24) is 0 Å². The Kier molecular flexibility index (Phi) is 3.83. The summed E-state index contributed by atoms with van der Waals surface area (Å²) in [6, 6.07) is 20.4. The van der Waals surface area contributed by atoms with Crippen molar-refractivity contribution in [1.29, 1.82) is 5.26 Å². The van der Waals surface area contributed by atoms with Crippen LogP contribution >= 0.6 is 11.6 Å². The van der Waals surface area contributed by atoms with E-state index in [4.69, 9.17) is 26.5 Å². The number of nitrogens with zero attached hydrogens (tertiary/aromatic N) is 1. The van der Waals surface area contributed by atoms with Crippen LogP contribution < -0.4 is 16.1 Å². The zero-order chi connectivity index (χ0) is 20.1. The van der Waals surface area contributed by atoms with Gasteiger partial charge in [0.2, 0.25) is 5.88 Å². The van der Waals surface area contributed by atoms with Crippen molar-refractivity contribution < 1.29 is 9.15 Å². The van der Waals surface area contributed by atoms with Crippen molar-refractivity contribution in [3.8, 4) is 11.8 Å². The number of hydrogen-bond donors (Lipinski definition) is 1. The molecule has 4 aromatic rings. The second-order valence-corrected chi connectivity index (χ2v) is 7.15. The van der Waals surface area contributed by atoms with Gasteiger partial charge in [-0.1, -0.05) is 60.1 Å². The molecule has 5 rings (SSSR count). The first-order chi connectivity index (χ1) is 14.1. The number of benzene rings is 3. The highest BCUT2D eigenvalue weighted by molar-refractivity contribution is 6.31. The van der Waals surface area contributed by atoms with Gasteiger partial charge in [-0.25, -0.2) is 4.79 Å². The highest BCUT2D eigenvalue weighted by Gasteiger charge is 2.36. The van der Waals surface area contributed by atoms with Gasteiger partial charge in [0, 0.05) is 10.4 Å². The van der Waals surface area contributed by atoms with Crippen LogP contribution in [0.3, 0.4) is 0 Å². The first-order valence-corrected chi connectivity index (χ1v) is 9.28. The maximum atomic E-state index is 13.1. The number of halogens is 1. The SMILES string of the molecule is N#CC1=C(N)Oc2c(c(=O)oc3c2ccc2ccccc23)C1c1ccccc1Cl. The summed E-state index contributed by atoms with van der Waals surface area (Å²) in [5, 5.41) is 12.5. The van der Waals surface area contributed by atoms with E-state index in [1.807, 2.05) is 36.4 Å². The normalized spacial score (nSPS) is 15.8. The molecule has 1 aliphatic heterocycles. The van der Waals surface area contributed by atoms with E-state index in [1.165, 1.54) is 0 Å². The molecule has 1 unspecified atom stereocenters. The molecule has 0 saturated heterocycles. The third kappa shape index (κ3) is 2.50. The second kappa shape index (κ2) is 6.40. The Labute approximate surface area is 170 Å². The van der Waals surface area contributed by atoms with E-state index in [0.29, 0.717) is 27.3 Å². The molecule has 5 nitrogen and oxygen atoms in total. The lowest BCUT2D eigenvalue weighted by atomic mass is 9.83. The van der Waals surface area contributed by atoms with E-state index in [-0.39, 0.29) is 17.0 Å². The largest absolute Gasteiger partial charge is 0.439 e. The molecule has 0 bridgehead atoms. The minimum atomic E-state index is -0.774. The number of fused-ring (bicyclic) bond motifs is 5. The maximum Gasteiger partial charge on any atom is 0.344 e. The second-order valence-electron chi connectivity index (χ2n) is 6.74. The number of hydrogen-bond acceptors (Lipinski definition) is 5.